The Morgan fingerprint density at radius 2 is 2.11 bits per heavy atom. The van der Waals surface area contributed by atoms with Crippen molar-refractivity contribution in [2.24, 2.45) is 5.41 Å². The van der Waals surface area contributed by atoms with Crippen LogP contribution in [0.2, 0.25) is 0 Å². The lowest BCUT2D eigenvalue weighted by Crippen LogP contribution is -2.57. The Bertz CT molecular complexity index is 1290. The fourth-order valence-corrected chi connectivity index (χ4v) is 4.96. The Morgan fingerprint density at radius 1 is 1.32 bits per heavy atom. The van der Waals surface area contributed by atoms with E-state index in [9.17, 15) is 15.2 Å². The van der Waals surface area contributed by atoms with Crippen LogP contribution >= 0.6 is 27.0 Å². The topological polar surface area (TPSA) is 116 Å². The van der Waals surface area contributed by atoms with Gasteiger partial charge in [-0.15, -0.1) is 0 Å². The van der Waals surface area contributed by atoms with Gasteiger partial charge in [0, 0.05) is 35.8 Å². The molecule has 37 heavy (non-hydrogen) atoms. The van der Waals surface area contributed by atoms with Gasteiger partial charge in [0.1, 0.15) is 17.6 Å². The number of aliphatic hydroxyl groups excluding tert-OH is 1. The lowest BCUT2D eigenvalue weighted by Gasteiger charge is -2.41. The van der Waals surface area contributed by atoms with E-state index in [1.807, 2.05) is 36.9 Å². The molecule has 9 nitrogen and oxygen atoms in total. The number of hydrogen-bond donors (Lipinski definition) is 2. The van der Waals surface area contributed by atoms with Crippen LogP contribution in [0.4, 0.5) is 5.82 Å². The maximum absolute atomic E-state index is 12.6. The van der Waals surface area contributed by atoms with Crippen LogP contribution in [-0.4, -0.2) is 57.5 Å². The lowest BCUT2D eigenvalue weighted by atomic mass is 9.69. The fraction of sp³-hybridized carbons (Fsp3) is 0.462. The Labute approximate surface area is 230 Å². The Morgan fingerprint density at radius 3 is 2.70 bits per heavy atom. The second-order valence-electron chi connectivity index (χ2n) is 9.69. The number of nitrogens with one attached hydrogen (secondary N) is 1. The minimum atomic E-state index is -0.662. The minimum Gasteiger partial charge on any atom is -0.492 e. The number of hydrogen-bond acceptors (Lipinski definition) is 7. The largest absolute Gasteiger partial charge is 0.492 e. The number of β-amino-alcohol motifs (C(OH)–C–C–N with tert-alkyl or cyclic N) is 1. The van der Waals surface area contributed by atoms with Gasteiger partial charge in [-0.25, -0.2) is 9.50 Å². The van der Waals surface area contributed by atoms with E-state index in [2.05, 4.69) is 21.5 Å². The highest BCUT2D eigenvalue weighted by atomic mass is 32.1. The van der Waals surface area contributed by atoms with Crippen LogP contribution in [-0.2, 0) is 4.79 Å². The summed E-state index contributed by atoms with van der Waals surface area (Å²) in [6.45, 7) is 5.53. The van der Waals surface area contributed by atoms with E-state index in [-0.39, 0.29) is 44.4 Å². The third-order valence-electron chi connectivity index (χ3n) is 7.30. The summed E-state index contributed by atoms with van der Waals surface area (Å²) in [5.41, 5.74) is 2.57. The molecule has 2 N–H and O–H groups in total. The van der Waals surface area contributed by atoms with Crippen molar-refractivity contribution < 1.29 is 14.6 Å². The van der Waals surface area contributed by atoms with Crippen molar-refractivity contribution in [3.05, 3.63) is 42.4 Å². The van der Waals surface area contributed by atoms with Gasteiger partial charge in [0.2, 0.25) is 5.91 Å². The third kappa shape index (κ3) is 5.51. The summed E-state index contributed by atoms with van der Waals surface area (Å²) in [5, 5.41) is 27.6. The summed E-state index contributed by atoms with van der Waals surface area (Å²) in [6, 6.07) is 7.74. The molecule has 1 aliphatic heterocycles. The van der Waals surface area contributed by atoms with E-state index in [4.69, 9.17) is 4.74 Å². The fourth-order valence-electron chi connectivity index (χ4n) is 4.96. The number of aromatic nitrogens is 3. The van der Waals surface area contributed by atoms with E-state index >= 15 is 0 Å². The van der Waals surface area contributed by atoms with Crippen molar-refractivity contribution in [1.82, 2.24) is 19.9 Å². The van der Waals surface area contributed by atoms with Gasteiger partial charge in [-0.05, 0) is 44.4 Å². The first-order valence-electron chi connectivity index (χ1n) is 12.2. The first kappa shape index (κ1) is 28.6. The summed E-state index contributed by atoms with van der Waals surface area (Å²) in [4.78, 5) is 19.3. The lowest BCUT2D eigenvalue weighted by molar-refractivity contribution is -0.136. The zero-order valence-corrected chi connectivity index (χ0v) is 23.1. The molecule has 3 aromatic heterocycles. The van der Waals surface area contributed by atoms with Crippen LogP contribution in [0, 0.1) is 16.7 Å². The monoisotopic (exact) mass is 542 g/mol. The zero-order chi connectivity index (χ0) is 24.6. The predicted molar refractivity (Wildman–Crippen MR) is 152 cm³/mol. The van der Waals surface area contributed by atoms with Crippen molar-refractivity contribution in [3.8, 4) is 22.9 Å². The van der Waals surface area contributed by atoms with Gasteiger partial charge in [-0.2, -0.15) is 37.4 Å². The Kier molecular flexibility index (Phi) is 9.00. The van der Waals surface area contributed by atoms with Gasteiger partial charge in [0.25, 0.3) is 0 Å². The normalized spacial score (nSPS) is 20.1. The molecule has 5 rings (SSSR count). The maximum Gasteiger partial charge on any atom is 0.226 e. The maximum atomic E-state index is 12.6. The molecular weight excluding hydrogens is 508 g/mol. The van der Waals surface area contributed by atoms with Gasteiger partial charge in [-0.1, -0.05) is 13.3 Å². The number of ether oxygens (including phenoxy) is 1. The van der Waals surface area contributed by atoms with Gasteiger partial charge in [0.15, 0.2) is 0 Å². The molecule has 2 fully saturated rings. The van der Waals surface area contributed by atoms with Crippen molar-refractivity contribution in [2.45, 2.75) is 51.7 Å². The first-order valence-corrected chi connectivity index (χ1v) is 12.2. The van der Waals surface area contributed by atoms with E-state index in [1.165, 1.54) is 0 Å². The highest BCUT2D eigenvalue weighted by Crippen LogP contribution is 2.40. The quantitative estimate of drug-likeness (QED) is 0.492. The molecular formula is C26H34N6O3S2. The number of nitriles is 1. The van der Waals surface area contributed by atoms with Crippen LogP contribution in [0.25, 0.3) is 16.6 Å². The van der Waals surface area contributed by atoms with Crippen molar-refractivity contribution >= 4 is 44.2 Å². The number of aliphatic hydroxyl groups is 1. The van der Waals surface area contributed by atoms with Crippen LogP contribution in [0.15, 0.2) is 36.8 Å². The van der Waals surface area contributed by atoms with Gasteiger partial charge < -0.3 is 20.1 Å². The molecule has 0 aromatic carbocycles. The molecule has 1 aliphatic carbocycles. The summed E-state index contributed by atoms with van der Waals surface area (Å²) >= 11 is 0. The van der Waals surface area contributed by atoms with E-state index < -0.39 is 6.10 Å². The number of pyridine rings is 2. The number of piperidine rings is 1. The summed E-state index contributed by atoms with van der Waals surface area (Å²) < 4.78 is 7.35. The van der Waals surface area contributed by atoms with Crippen molar-refractivity contribution in [3.63, 3.8) is 0 Å². The minimum absolute atomic E-state index is 0. The van der Waals surface area contributed by atoms with Crippen molar-refractivity contribution in [1.29, 1.82) is 5.26 Å². The van der Waals surface area contributed by atoms with Crippen LogP contribution in [0.1, 0.15) is 45.1 Å². The molecule has 3 aromatic rings. The molecule has 4 heterocycles. The summed E-state index contributed by atoms with van der Waals surface area (Å²) in [5.74, 6) is 1.48. The second-order valence-corrected chi connectivity index (χ2v) is 9.69. The van der Waals surface area contributed by atoms with E-state index in [1.54, 1.807) is 23.1 Å². The average molecular weight is 543 g/mol. The molecule has 1 saturated carbocycles. The molecule has 1 amide bonds. The zero-order valence-electron chi connectivity index (χ0n) is 21.1. The number of anilines is 1. The second kappa shape index (κ2) is 11.6. The summed E-state index contributed by atoms with van der Waals surface area (Å²) in [7, 11) is 0. The van der Waals surface area contributed by atoms with Crippen LogP contribution < -0.4 is 15.0 Å². The van der Waals surface area contributed by atoms with Crippen LogP contribution in [0.5, 0.6) is 5.75 Å². The number of carbonyl (C=O) groups is 1. The van der Waals surface area contributed by atoms with Gasteiger partial charge >= 0.3 is 0 Å². The highest BCUT2D eigenvalue weighted by Gasteiger charge is 2.41. The summed E-state index contributed by atoms with van der Waals surface area (Å²) in [6.07, 6.45) is 8.00. The molecule has 11 heteroatoms. The predicted octanol–water partition coefficient (Wildman–Crippen LogP) is 3.14. The molecule has 0 spiro atoms. The number of carbonyl (C=O) groups excluding carboxylic acids is 1. The molecule has 2 atom stereocenters. The molecule has 0 radical (unpaired) electrons. The average Bonchev–Trinajstić information content (AvgIpc) is 3.26. The highest BCUT2D eigenvalue weighted by molar-refractivity contribution is 7.59. The van der Waals surface area contributed by atoms with Gasteiger partial charge in [0.05, 0.1) is 42.2 Å². The molecule has 198 valence electrons. The smallest absolute Gasteiger partial charge is 0.226 e. The Hall–Kier alpha value is -2.94. The number of fused-ring (bicyclic) bond motifs is 1. The van der Waals surface area contributed by atoms with Gasteiger partial charge in [-0.3, -0.25) is 4.79 Å². The van der Waals surface area contributed by atoms with E-state index in [0.29, 0.717) is 42.9 Å². The first-order chi connectivity index (χ1) is 16.9. The SMILES string of the molecule is CCOc1cc(-c2ccc(N3CC[C@H](NC(=O)C4(C)CCC4)[C@@H](O)C3)nc2)c2c(C#N)cnn2c1.S.S. The van der Waals surface area contributed by atoms with Crippen molar-refractivity contribution in [2.75, 3.05) is 24.6 Å². The van der Waals surface area contributed by atoms with E-state index in [0.717, 1.165) is 36.2 Å². The number of rotatable bonds is 6. The molecule has 0 unspecified atom stereocenters. The molecule has 0 bridgehead atoms. The molecule has 1 saturated heterocycles. The standard InChI is InChI=1S/C26H30N6O3.2H2S/c1-3-35-19-11-20(24-18(12-27)14-29-32(24)15-19)17-5-6-23(28-13-17)31-10-7-21(22(33)16-31)30-25(34)26(2)8-4-9-26;;/h5-6,11,13-15,21-22,33H,3-4,7-10,16H2,1-2H3,(H,30,34);2*1H2/t21-,22-;;/m0../s1. The van der Waals surface area contributed by atoms with Crippen LogP contribution in [0.3, 0.4) is 0 Å². The Balaban J connectivity index is 0.00000190. The third-order valence-corrected chi connectivity index (χ3v) is 7.30. The molecule has 2 aliphatic rings. The number of amides is 1. The number of nitrogens with zero attached hydrogens (tertiary/aromatic N) is 5.